The smallest absolute Gasteiger partial charge is 0.337 e. The Morgan fingerprint density at radius 3 is 2.42 bits per heavy atom. The standard InChI is InChI=1S/C17H12Cl2N2O3/c1-8-7-11(24-2)14(19)12(13(8)18)9-3-4-10(17(22)23)16-15(9)20-5-6-21-16/h3-7H,1-2H3,(H,22,23). The fourth-order valence-corrected chi connectivity index (χ4v) is 3.18. The number of carboxylic acid groups (broad SMARTS) is 1. The number of aromatic carboxylic acids is 1. The predicted molar refractivity (Wildman–Crippen MR) is 93.2 cm³/mol. The Morgan fingerprint density at radius 2 is 1.79 bits per heavy atom. The molecular weight excluding hydrogens is 351 g/mol. The van der Waals surface area contributed by atoms with E-state index in [1.807, 2.05) is 6.92 Å². The molecule has 0 fully saturated rings. The normalized spacial score (nSPS) is 10.8. The zero-order valence-corrected chi connectivity index (χ0v) is 14.3. The molecule has 0 saturated heterocycles. The molecule has 1 N–H and O–H groups in total. The van der Waals surface area contributed by atoms with Gasteiger partial charge in [0.05, 0.1) is 28.2 Å². The lowest BCUT2D eigenvalue weighted by Gasteiger charge is -2.15. The van der Waals surface area contributed by atoms with Crippen molar-refractivity contribution in [2.45, 2.75) is 6.92 Å². The van der Waals surface area contributed by atoms with Gasteiger partial charge in [0, 0.05) is 23.5 Å². The number of nitrogens with zero attached hydrogens (tertiary/aromatic N) is 2. The summed E-state index contributed by atoms with van der Waals surface area (Å²) in [4.78, 5) is 19.8. The highest BCUT2D eigenvalue weighted by atomic mass is 35.5. The molecule has 1 aromatic heterocycles. The highest BCUT2D eigenvalue weighted by Crippen LogP contribution is 2.44. The van der Waals surface area contributed by atoms with E-state index < -0.39 is 5.97 Å². The van der Waals surface area contributed by atoms with Crippen LogP contribution >= 0.6 is 23.2 Å². The Morgan fingerprint density at radius 1 is 1.12 bits per heavy atom. The number of halogens is 2. The first-order valence-corrected chi connectivity index (χ1v) is 7.71. The van der Waals surface area contributed by atoms with Crippen LogP contribution in [0.25, 0.3) is 22.2 Å². The molecule has 0 amide bonds. The summed E-state index contributed by atoms with van der Waals surface area (Å²) in [6, 6.07) is 4.84. The van der Waals surface area contributed by atoms with Gasteiger partial charge in [-0.1, -0.05) is 29.3 Å². The summed E-state index contributed by atoms with van der Waals surface area (Å²) in [5.41, 5.74) is 2.67. The van der Waals surface area contributed by atoms with Crippen LogP contribution in [-0.2, 0) is 0 Å². The van der Waals surface area contributed by atoms with Gasteiger partial charge in [0.2, 0.25) is 0 Å². The molecule has 5 nitrogen and oxygen atoms in total. The molecule has 1 heterocycles. The van der Waals surface area contributed by atoms with Crippen molar-refractivity contribution < 1.29 is 14.6 Å². The second-order valence-corrected chi connectivity index (χ2v) is 5.87. The summed E-state index contributed by atoms with van der Waals surface area (Å²) >= 11 is 12.9. The minimum absolute atomic E-state index is 0.0636. The van der Waals surface area contributed by atoms with E-state index in [4.69, 9.17) is 27.9 Å². The summed E-state index contributed by atoms with van der Waals surface area (Å²) in [5, 5.41) is 10.1. The number of methoxy groups -OCH3 is 1. The van der Waals surface area contributed by atoms with Crippen LogP contribution < -0.4 is 4.74 Å². The number of benzene rings is 2. The van der Waals surface area contributed by atoms with E-state index in [2.05, 4.69) is 9.97 Å². The van der Waals surface area contributed by atoms with E-state index in [0.717, 1.165) is 5.56 Å². The molecule has 0 radical (unpaired) electrons. The molecule has 0 spiro atoms. The summed E-state index contributed by atoms with van der Waals surface area (Å²) in [7, 11) is 1.52. The quantitative estimate of drug-likeness (QED) is 0.735. The van der Waals surface area contributed by atoms with E-state index in [1.165, 1.54) is 25.6 Å². The van der Waals surface area contributed by atoms with Crippen LogP contribution in [0.4, 0.5) is 0 Å². The van der Waals surface area contributed by atoms with Crippen molar-refractivity contribution >= 4 is 40.2 Å². The molecule has 3 aromatic rings. The van der Waals surface area contributed by atoms with Gasteiger partial charge in [-0.05, 0) is 24.6 Å². The van der Waals surface area contributed by atoms with Crippen LogP contribution in [0.5, 0.6) is 5.75 Å². The number of aromatic nitrogens is 2. The summed E-state index contributed by atoms with van der Waals surface area (Å²) in [6.45, 7) is 1.84. The first-order chi connectivity index (χ1) is 11.5. The van der Waals surface area contributed by atoms with Gasteiger partial charge in [0.1, 0.15) is 11.3 Å². The average molecular weight is 363 g/mol. The van der Waals surface area contributed by atoms with Gasteiger partial charge in [-0.3, -0.25) is 9.97 Å². The molecule has 7 heteroatoms. The number of hydrogen-bond donors (Lipinski definition) is 1. The maximum Gasteiger partial charge on any atom is 0.337 e. The molecule has 0 atom stereocenters. The Kier molecular flexibility index (Phi) is 4.30. The fourth-order valence-electron chi connectivity index (χ4n) is 2.56. The van der Waals surface area contributed by atoms with Gasteiger partial charge in [-0.15, -0.1) is 0 Å². The molecule has 0 unspecified atom stereocenters. The zero-order chi connectivity index (χ0) is 17.4. The van der Waals surface area contributed by atoms with Gasteiger partial charge in [0.15, 0.2) is 0 Å². The van der Waals surface area contributed by atoms with Crippen molar-refractivity contribution in [2.24, 2.45) is 0 Å². The van der Waals surface area contributed by atoms with Crippen molar-refractivity contribution in [1.82, 2.24) is 9.97 Å². The molecule has 0 aliphatic carbocycles. The van der Waals surface area contributed by atoms with Crippen LogP contribution in [0.15, 0.2) is 30.6 Å². The number of hydrogen-bond acceptors (Lipinski definition) is 4. The second kappa shape index (κ2) is 6.26. The topological polar surface area (TPSA) is 72.3 Å². The largest absolute Gasteiger partial charge is 0.495 e. The molecule has 0 aliphatic rings. The van der Waals surface area contributed by atoms with Gasteiger partial charge in [-0.2, -0.15) is 0 Å². The third-order valence-electron chi connectivity index (χ3n) is 3.69. The fraction of sp³-hybridized carbons (Fsp3) is 0.118. The summed E-state index contributed by atoms with van der Waals surface area (Å²) in [6.07, 6.45) is 2.94. The summed E-state index contributed by atoms with van der Waals surface area (Å²) < 4.78 is 5.30. The van der Waals surface area contributed by atoms with Crippen molar-refractivity contribution in [3.63, 3.8) is 0 Å². The Hall–Kier alpha value is -2.37. The van der Waals surface area contributed by atoms with E-state index >= 15 is 0 Å². The van der Waals surface area contributed by atoms with Crippen LogP contribution in [0, 0.1) is 6.92 Å². The van der Waals surface area contributed by atoms with Crippen molar-refractivity contribution in [3.05, 3.63) is 51.8 Å². The van der Waals surface area contributed by atoms with Crippen LogP contribution in [0.3, 0.4) is 0 Å². The maximum atomic E-state index is 11.4. The highest BCUT2D eigenvalue weighted by molar-refractivity contribution is 6.41. The zero-order valence-electron chi connectivity index (χ0n) is 12.8. The van der Waals surface area contributed by atoms with E-state index in [1.54, 1.807) is 12.1 Å². The number of carboxylic acids is 1. The molecule has 0 saturated carbocycles. The number of aryl methyl sites for hydroxylation is 1. The van der Waals surface area contributed by atoms with Crippen LogP contribution in [0.2, 0.25) is 10.0 Å². The SMILES string of the molecule is COc1cc(C)c(Cl)c(-c2ccc(C(=O)O)c3nccnc23)c1Cl. The molecule has 0 bridgehead atoms. The van der Waals surface area contributed by atoms with Gasteiger partial charge >= 0.3 is 5.97 Å². The van der Waals surface area contributed by atoms with Crippen molar-refractivity contribution in [2.75, 3.05) is 7.11 Å². The van der Waals surface area contributed by atoms with Gasteiger partial charge in [-0.25, -0.2) is 4.79 Å². The van der Waals surface area contributed by atoms with Gasteiger partial charge in [0.25, 0.3) is 0 Å². The van der Waals surface area contributed by atoms with Crippen molar-refractivity contribution in [3.8, 4) is 16.9 Å². The first-order valence-electron chi connectivity index (χ1n) is 6.95. The average Bonchev–Trinajstić information content (AvgIpc) is 2.58. The maximum absolute atomic E-state index is 11.4. The molecule has 3 rings (SSSR count). The molecule has 0 aliphatic heterocycles. The number of rotatable bonds is 3. The van der Waals surface area contributed by atoms with E-state index in [0.29, 0.717) is 32.4 Å². The van der Waals surface area contributed by atoms with Crippen molar-refractivity contribution in [1.29, 1.82) is 0 Å². The number of fused-ring (bicyclic) bond motifs is 1. The highest BCUT2D eigenvalue weighted by Gasteiger charge is 2.21. The Labute approximate surface area is 147 Å². The second-order valence-electron chi connectivity index (χ2n) is 5.12. The van der Waals surface area contributed by atoms with E-state index in [-0.39, 0.29) is 11.1 Å². The molecule has 24 heavy (non-hydrogen) atoms. The predicted octanol–water partition coefficient (Wildman–Crippen LogP) is 4.62. The third kappa shape index (κ3) is 2.56. The van der Waals surface area contributed by atoms with Crippen LogP contribution in [-0.4, -0.2) is 28.2 Å². The molecular formula is C17H12Cl2N2O3. The minimum atomic E-state index is -1.08. The molecule has 122 valence electrons. The lowest BCUT2D eigenvalue weighted by molar-refractivity contribution is 0.0699. The van der Waals surface area contributed by atoms with Gasteiger partial charge < -0.3 is 9.84 Å². The lowest BCUT2D eigenvalue weighted by atomic mass is 9.98. The van der Waals surface area contributed by atoms with Crippen LogP contribution in [0.1, 0.15) is 15.9 Å². The Balaban J connectivity index is 2.43. The Bertz CT molecular complexity index is 974. The van der Waals surface area contributed by atoms with E-state index in [9.17, 15) is 9.90 Å². The lowest BCUT2D eigenvalue weighted by Crippen LogP contribution is -2.01. The number of ether oxygens (including phenoxy) is 1. The first kappa shape index (κ1) is 16.5. The minimum Gasteiger partial charge on any atom is -0.495 e. The third-order valence-corrected chi connectivity index (χ3v) is 4.56. The monoisotopic (exact) mass is 362 g/mol. The molecule has 2 aromatic carbocycles. The number of carbonyl (C=O) groups is 1. The summed E-state index contributed by atoms with van der Waals surface area (Å²) in [5.74, 6) is -0.598.